The first-order valence-corrected chi connectivity index (χ1v) is 13.3. The van der Waals surface area contributed by atoms with Crippen LogP contribution in [0, 0.1) is 6.92 Å². The van der Waals surface area contributed by atoms with E-state index in [4.69, 9.17) is 28.3 Å². The Bertz CT molecular complexity index is 1320. The van der Waals surface area contributed by atoms with E-state index in [2.05, 4.69) is 0 Å². The molecule has 8 heteroatoms. The molecule has 1 atom stereocenters. The summed E-state index contributed by atoms with van der Waals surface area (Å²) in [7, 11) is 1.38. The minimum atomic E-state index is -0.629. The molecule has 0 amide bonds. The molecule has 7 nitrogen and oxygen atoms in total. The van der Waals surface area contributed by atoms with Crippen LogP contribution in [-0.4, -0.2) is 43.5 Å². The van der Waals surface area contributed by atoms with Crippen molar-refractivity contribution in [2.75, 3.05) is 20.3 Å². The van der Waals surface area contributed by atoms with E-state index >= 15 is 0 Å². The molecule has 0 radical (unpaired) electrons. The third-order valence-electron chi connectivity index (χ3n) is 5.86. The van der Waals surface area contributed by atoms with Crippen LogP contribution in [0.2, 0.25) is 0 Å². The van der Waals surface area contributed by atoms with Gasteiger partial charge in [-0.15, -0.1) is 11.3 Å². The first-order valence-electron chi connectivity index (χ1n) is 12.4. The van der Waals surface area contributed by atoms with Gasteiger partial charge in [0.1, 0.15) is 17.3 Å². The number of ether oxygens (including phenoxy) is 4. The normalized spacial score (nSPS) is 12.2. The van der Waals surface area contributed by atoms with E-state index in [0.717, 1.165) is 44.2 Å². The molecule has 0 N–H and O–H groups in total. The van der Waals surface area contributed by atoms with Gasteiger partial charge in [-0.3, -0.25) is 0 Å². The molecular formula is C29H33NO6S. The van der Waals surface area contributed by atoms with Crippen LogP contribution >= 0.6 is 11.3 Å². The fourth-order valence-corrected chi connectivity index (χ4v) is 5.05. The number of aromatic nitrogens is 1. The first-order chi connectivity index (χ1) is 17.9. The van der Waals surface area contributed by atoms with Crippen molar-refractivity contribution in [3.05, 3.63) is 64.9 Å². The fraction of sp³-hybridized carbons (Fsp3) is 0.379. The zero-order valence-corrected chi connectivity index (χ0v) is 22.7. The Morgan fingerprint density at radius 1 is 1.11 bits per heavy atom. The molecule has 0 aliphatic rings. The van der Waals surface area contributed by atoms with E-state index in [9.17, 15) is 4.79 Å². The molecule has 4 rings (SSSR count). The Morgan fingerprint density at radius 3 is 2.59 bits per heavy atom. The monoisotopic (exact) mass is 523 g/mol. The summed E-state index contributed by atoms with van der Waals surface area (Å²) >= 11 is 1.62. The highest BCUT2D eigenvalue weighted by Crippen LogP contribution is 2.34. The Hall–Kier alpha value is -3.36. The second-order valence-corrected chi connectivity index (χ2v) is 9.78. The number of benzene rings is 2. The number of aryl methyl sites for hydroxylation is 1. The average molecular weight is 524 g/mol. The quantitative estimate of drug-likeness (QED) is 0.199. The van der Waals surface area contributed by atoms with Crippen molar-refractivity contribution in [1.82, 2.24) is 4.98 Å². The second-order valence-electron chi connectivity index (χ2n) is 8.87. The van der Waals surface area contributed by atoms with E-state index in [-0.39, 0.29) is 12.1 Å². The topological polar surface area (TPSA) is 80.0 Å². The Morgan fingerprint density at radius 2 is 1.89 bits per heavy atom. The smallest absolute Gasteiger partial charge is 0.335 e. The summed E-state index contributed by atoms with van der Waals surface area (Å²) in [6, 6.07) is 13.7. The summed E-state index contributed by atoms with van der Waals surface area (Å²) in [6.07, 6.45) is 0.560. The molecule has 0 bridgehead atoms. The van der Waals surface area contributed by atoms with Gasteiger partial charge in [0.15, 0.2) is 6.10 Å². The second kappa shape index (κ2) is 12.3. The van der Waals surface area contributed by atoms with Gasteiger partial charge < -0.3 is 23.4 Å². The van der Waals surface area contributed by atoms with Crippen LogP contribution in [0.4, 0.5) is 0 Å². The zero-order valence-electron chi connectivity index (χ0n) is 21.9. The number of hydrogen-bond donors (Lipinski definition) is 0. The van der Waals surface area contributed by atoms with Crippen molar-refractivity contribution >= 4 is 27.4 Å². The fourth-order valence-electron chi connectivity index (χ4n) is 4.11. The number of thiophene rings is 1. The van der Waals surface area contributed by atoms with Crippen LogP contribution in [0.25, 0.3) is 21.5 Å². The summed E-state index contributed by atoms with van der Waals surface area (Å²) < 4.78 is 29.4. The van der Waals surface area contributed by atoms with Crippen molar-refractivity contribution < 1.29 is 28.2 Å². The van der Waals surface area contributed by atoms with Gasteiger partial charge in [0.25, 0.3) is 0 Å². The molecule has 4 aromatic rings. The maximum Gasteiger partial charge on any atom is 0.335 e. The SMILES string of the molecule is CCOC(Cc1ccc(OCCc2nc(-c3ccc(OC(C)C)cc3)oc2C)c2ccsc12)C(=O)OC. The molecule has 0 fully saturated rings. The van der Waals surface area contributed by atoms with Crippen molar-refractivity contribution in [3.63, 3.8) is 0 Å². The molecule has 196 valence electrons. The van der Waals surface area contributed by atoms with Crippen molar-refractivity contribution in [1.29, 1.82) is 0 Å². The van der Waals surface area contributed by atoms with Gasteiger partial charge in [0, 0.05) is 35.1 Å². The molecule has 0 aliphatic heterocycles. The number of carbonyl (C=O) groups is 1. The lowest BCUT2D eigenvalue weighted by atomic mass is 10.1. The summed E-state index contributed by atoms with van der Waals surface area (Å²) in [4.78, 5) is 16.8. The minimum absolute atomic E-state index is 0.125. The van der Waals surface area contributed by atoms with Crippen LogP contribution < -0.4 is 9.47 Å². The van der Waals surface area contributed by atoms with Gasteiger partial charge in [-0.2, -0.15) is 0 Å². The van der Waals surface area contributed by atoms with Gasteiger partial charge >= 0.3 is 5.97 Å². The average Bonchev–Trinajstić information content (AvgIpc) is 3.52. The highest BCUT2D eigenvalue weighted by atomic mass is 32.1. The third kappa shape index (κ3) is 6.50. The molecule has 2 aromatic heterocycles. The Balaban J connectivity index is 1.42. The summed E-state index contributed by atoms with van der Waals surface area (Å²) in [5, 5.41) is 3.05. The molecule has 2 heterocycles. The third-order valence-corrected chi connectivity index (χ3v) is 6.85. The van der Waals surface area contributed by atoms with E-state index in [1.165, 1.54) is 7.11 Å². The van der Waals surface area contributed by atoms with Crippen LogP contribution in [0.3, 0.4) is 0 Å². The lowest BCUT2D eigenvalue weighted by molar-refractivity contribution is -0.153. The van der Waals surface area contributed by atoms with E-state index in [1.54, 1.807) is 11.3 Å². The zero-order chi connectivity index (χ0) is 26.4. The lowest BCUT2D eigenvalue weighted by Gasteiger charge is -2.16. The van der Waals surface area contributed by atoms with Crippen molar-refractivity contribution in [2.45, 2.75) is 52.7 Å². The Labute approximate surface area is 221 Å². The molecular weight excluding hydrogens is 490 g/mol. The predicted octanol–water partition coefficient (Wildman–Crippen LogP) is 6.39. The number of carbonyl (C=O) groups excluding carboxylic acids is 1. The maximum atomic E-state index is 12.1. The number of fused-ring (bicyclic) bond motifs is 1. The molecule has 1 unspecified atom stereocenters. The van der Waals surface area contributed by atoms with Crippen LogP contribution in [0.15, 0.2) is 52.3 Å². The summed E-state index contributed by atoms with van der Waals surface area (Å²) in [5.74, 6) is 2.62. The molecule has 0 saturated carbocycles. The van der Waals surface area contributed by atoms with Gasteiger partial charge in [-0.1, -0.05) is 6.07 Å². The number of methoxy groups -OCH3 is 1. The largest absolute Gasteiger partial charge is 0.493 e. The highest BCUT2D eigenvalue weighted by Gasteiger charge is 2.22. The number of oxazole rings is 1. The first kappa shape index (κ1) is 26.7. The minimum Gasteiger partial charge on any atom is -0.493 e. The molecule has 0 aliphatic carbocycles. The van der Waals surface area contributed by atoms with Crippen molar-refractivity contribution in [3.8, 4) is 23.0 Å². The molecule has 2 aromatic carbocycles. The predicted molar refractivity (Wildman–Crippen MR) is 145 cm³/mol. The standard InChI is InChI=1S/C29H33NO6S/c1-6-33-26(29(31)32-5)17-21-9-12-25(23-14-16-37-27(21)23)34-15-13-24-19(4)36-28(30-24)20-7-10-22(11-8-20)35-18(2)3/h7-12,14,16,18,26H,6,13,15,17H2,1-5H3. The van der Waals surface area contributed by atoms with Crippen molar-refractivity contribution in [2.24, 2.45) is 0 Å². The number of rotatable bonds is 12. The molecule has 0 spiro atoms. The highest BCUT2D eigenvalue weighted by molar-refractivity contribution is 7.17. The van der Waals surface area contributed by atoms with Gasteiger partial charge in [-0.05, 0) is 75.0 Å². The van der Waals surface area contributed by atoms with E-state index < -0.39 is 6.10 Å². The van der Waals surface area contributed by atoms with Gasteiger partial charge in [0.05, 0.1) is 25.5 Å². The van der Waals surface area contributed by atoms with Gasteiger partial charge in [0.2, 0.25) is 5.89 Å². The van der Waals surface area contributed by atoms with E-state index in [1.807, 2.05) is 75.5 Å². The number of nitrogens with zero attached hydrogens (tertiary/aromatic N) is 1. The molecule has 37 heavy (non-hydrogen) atoms. The van der Waals surface area contributed by atoms with Crippen LogP contribution in [0.5, 0.6) is 11.5 Å². The van der Waals surface area contributed by atoms with Crippen LogP contribution in [0.1, 0.15) is 37.8 Å². The maximum absolute atomic E-state index is 12.1. The summed E-state index contributed by atoms with van der Waals surface area (Å²) in [6.45, 7) is 8.69. The Kier molecular flexibility index (Phi) is 8.84. The number of esters is 1. The number of hydrogen-bond acceptors (Lipinski definition) is 8. The van der Waals surface area contributed by atoms with Gasteiger partial charge in [-0.25, -0.2) is 9.78 Å². The van der Waals surface area contributed by atoms with Crippen LogP contribution in [-0.2, 0) is 27.1 Å². The molecule has 0 saturated heterocycles. The van der Waals surface area contributed by atoms with E-state index in [0.29, 0.717) is 31.9 Å². The lowest BCUT2D eigenvalue weighted by Crippen LogP contribution is -2.28. The summed E-state index contributed by atoms with van der Waals surface area (Å²) in [5.41, 5.74) is 2.80.